The number of pyridine rings is 1. The van der Waals surface area contributed by atoms with Crippen LogP contribution in [0.5, 0.6) is 11.6 Å². The Balaban J connectivity index is 1.72. The van der Waals surface area contributed by atoms with Crippen LogP contribution in [0.3, 0.4) is 0 Å². The van der Waals surface area contributed by atoms with Crippen molar-refractivity contribution in [2.45, 2.75) is 83.9 Å². The maximum atomic E-state index is 12.6. The zero-order valence-electron chi connectivity index (χ0n) is 23.1. The molecule has 0 unspecified atom stereocenters. The molecule has 0 fully saturated rings. The Morgan fingerprint density at radius 3 is 2.30 bits per heavy atom. The molecule has 0 aliphatic heterocycles. The van der Waals surface area contributed by atoms with E-state index in [0.717, 1.165) is 17.3 Å². The predicted octanol–water partition coefficient (Wildman–Crippen LogP) is 7.79. The predicted molar refractivity (Wildman–Crippen MR) is 152 cm³/mol. The maximum absolute atomic E-state index is 12.6. The molecule has 37 heavy (non-hydrogen) atoms. The second-order valence-corrected chi connectivity index (χ2v) is 18.2. The minimum atomic E-state index is -1.68. The van der Waals surface area contributed by atoms with E-state index in [0.29, 0.717) is 23.2 Å². The van der Waals surface area contributed by atoms with Crippen LogP contribution in [0.25, 0.3) is 11.3 Å². The van der Waals surface area contributed by atoms with Crippen molar-refractivity contribution in [2.75, 3.05) is 0 Å². The highest BCUT2D eigenvalue weighted by Crippen LogP contribution is 2.39. The van der Waals surface area contributed by atoms with E-state index in [1.807, 2.05) is 62.0 Å². The molecule has 0 bridgehead atoms. The van der Waals surface area contributed by atoms with E-state index in [-0.39, 0.29) is 11.1 Å². The molecule has 1 N–H and O–H groups in total. The summed E-state index contributed by atoms with van der Waals surface area (Å²) in [6, 6.07) is 14.0. The molecule has 3 rings (SSSR count). The van der Waals surface area contributed by atoms with Gasteiger partial charge in [0.1, 0.15) is 11.4 Å². The van der Waals surface area contributed by atoms with E-state index in [2.05, 4.69) is 44.2 Å². The summed E-state index contributed by atoms with van der Waals surface area (Å²) in [5.41, 5.74) is 1.26. The Kier molecular flexibility index (Phi) is 8.75. The number of nitrogens with one attached hydrogen (secondary N) is 1. The molecule has 9 heteroatoms. The Morgan fingerprint density at radius 2 is 1.73 bits per heavy atom. The second-order valence-electron chi connectivity index (χ2n) is 12.0. The molecule has 0 saturated heterocycles. The lowest BCUT2D eigenvalue weighted by atomic mass is 10.1. The van der Waals surface area contributed by atoms with Crippen molar-refractivity contribution >= 4 is 25.8 Å². The smallest absolute Gasteiger partial charge is 0.407 e. The lowest BCUT2D eigenvalue weighted by molar-refractivity contribution is 0.0503. The van der Waals surface area contributed by atoms with Gasteiger partial charge in [-0.25, -0.2) is 9.78 Å². The van der Waals surface area contributed by atoms with Crippen molar-refractivity contribution in [2.24, 2.45) is 0 Å². The van der Waals surface area contributed by atoms with Crippen molar-refractivity contribution in [3.8, 4) is 22.9 Å². The van der Waals surface area contributed by atoms with Crippen LogP contribution in [0.4, 0.5) is 4.79 Å². The van der Waals surface area contributed by atoms with Crippen LogP contribution in [-0.4, -0.2) is 40.6 Å². The fourth-order valence-electron chi connectivity index (χ4n) is 3.64. The molecule has 1 atom stereocenters. The Bertz CT molecular complexity index is 1180. The third kappa shape index (κ3) is 8.61. The van der Waals surface area contributed by atoms with Gasteiger partial charge in [-0.1, -0.05) is 45.5 Å². The summed E-state index contributed by atoms with van der Waals surface area (Å²) in [4.78, 5) is 16.8. The molecule has 200 valence electrons. The van der Waals surface area contributed by atoms with Crippen LogP contribution in [0.2, 0.25) is 29.2 Å². The standard InChI is InChI=1S/C28H39ClN4O3Si/c1-27(2,3)36-26(34)31-22(19-37(7,8)28(4,5)6)18-33-16-15-24(32-33)20-9-12-23(13-10-20)35-25-14-11-21(29)17-30-25/h9-17,22H,18-19H2,1-8H3,(H,31,34)/t22-/m0/s1. The monoisotopic (exact) mass is 542 g/mol. The zero-order valence-corrected chi connectivity index (χ0v) is 24.9. The first-order chi connectivity index (χ1) is 17.1. The largest absolute Gasteiger partial charge is 0.444 e. The number of amides is 1. The van der Waals surface area contributed by atoms with E-state index in [1.54, 1.807) is 18.3 Å². The molecule has 1 amide bonds. The van der Waals surface area contributed by atoms with Gasteiger partial charge in [-0.05, 0) is 68.3 Å². The highest BCUT2D eigenvalue weighted by atomic mass is 35.5. The molecule has 0 spiro atoms. The second kappa shape index (κ2) is 11.3. The first-order valence-corrected chi connectivity index (χ1v) is 16.1. The van der Waals surface area contributed by atoms with E-state index in [4.69, 9.17) is 26.2 Å². The quantitative estimate of drug-likeness (QED) is 0.294. The molecule has 0 aliphatic rings. The van der Waals surface area contributed by atoms with Crippen LogP contribution >= 0.6 is 11.6 Å². The molecule has 0 aliphatic carbocycles. The third-order valence-electron chi connectivity index (χ3n) is 6.63. The van der Waals surface area contributed by atoms with E-state index in [9.17, 15) is 4.79 Å². The van der Waals surface area contributed by atoms with Gasteiger partial charge in [0.05, 0.1) is 25.3 Å². The van der Waals surface area contributed by atoms with Crippen LogP contribution in [-0.2, 0) is 11.3 Å². The number of hydrogen-bond donors (Lipinski definition) is 1. The van der Waals surface area contributed by atoms with E-state index >= 15 is 0 Å². The molecule has 2 heterocycles. The van der Waals surface area contributed by atoms with E-state index in [1.165, 1.54) is 0 Å². The molecule has 0 radical (unpaired) electrons. The molecule has 1 aromatic carbocycles. The number of rotatable bonds is 8. The van der Waals surface area contributed by atoms with Gasteiger partial charge in [0, 0.05) is 30.1 Å². The SMILES string of the molecule is CC(C)(C)OC(=O)N[C@@H](Cn1ccc(-c2ccc(Oc3ccc(Cl)cn3)cc2)n1)C[Si](C)(C)C(C)(C)C. The molecular formula is C28H39ClN4O3Si. The van der Waals surface area contributed by atoms with Crippen LogP contribution in [0.15, 0.2) is 54.9 Å². The average molecular weight is 543 g/mol. The summed E-state index contributed by atoms with van der Waals surface area (Å²) in [7, 11) is -1.68. The minimum Gasteiger partial charge on any atom is -0.444 e. The number of benzene rings is 1. The Hall–Kier alpha value is -2.84. The van der Waals surface area contributed by atoms with Crippen LogP contribution < -0.4 is 10.1 Å². The Morgan fingerprint density at radius 1 is 1.05 bits per heavy atom. The summed E-state index contributed by atoms with van der Waals surface area (Å²) in [6.07, 6.45) is 3.11. The van der Waals surface area contributed by atoms with Crippen molar-refractivity contribution in [1.82, 2.24) is 20.1 Å². The van der Waals surface area contributed by atoms with Gasteiger partial charge in [-0.3, -0.25) is 4.68 Å². The molecule has 2 aromatic heterocycles. The number of carbonyl (C=O) groups is 1. The number of nitrogens with zero attached hydrogens (tertiary/aromatic N) is 3. The Labute approximate surface area is 226 Å². The maximum Gasteiger partial charge on any atom is 0.407 e. The van der Waals surface area contributed by atoms with Gasteiger partial charge in [0.2, 0.25) is 5.88 Å². The van der Waals surface area contributed by atoms with Gasteiger partial charge in [0.25, 0.3) is 0 Å². The first-order valence-electron chi connectivity index (χ1n) is 12.5. The summed E-state index contributed by atoms with van der Waals surface area (Å²) in [6.45, 7) is 17.8. The van der Waals surface area contributed by atoms with Crippen molar-refractivity contribution in [3.63, 3.8) is 0 Å². The van der Waals surface area contributed by atoms with Crippen molar-refractivity contribution < 1.29 is 14.3 Å². The van der Waals surface area contributed by atoms with Gasteiger partial charge >= 0.3 is 6.09 Å². The summed E-state index contributed by atoms with van der Waals surface area (Å²) < 4.78 is 13.2. The number of ether oxygens (including phenoxy) is 2. The zero-order chi connectivity index (χ0) is 27.4. The van der Waals surface area contributed by atoms with Crippen molar-refractivity contribution in [3.05, 3.63) is 59.9 Å². The van der Waals surface area contributed by atoms with Gasteiger partial charge < -0.3 is 14.8 Å². The van der Waals surface area contributed by atoms with Gasteiger partial charge in [0.15, 0.2) is 0 Å². The molecule has 3 aromatic rings. The lowest BCUT2D eigenvalue weighted by Gasteiger charge is -2.39. The topological polar surface area (TPSA) is 78.3 Å². The number of hydrogen-bond acceptors (Lipinski definition) is 5. The van der Waals surface area contributed by atoms with Crippen LogP contribution in [0.1, 0.15) is 41.5 Å². The fourth-order valence-corrected chi connectivity index (χ4v) is 5.83. The van der Waals surface area contributed by atoms with Crippen LogP contribution in [0, 0.1) is 0 Å². The van der Waals surface area contributed by atoms with Crippen molar-refractivity contribution in [1.29, 1.82) is 0 Å². The summed E-state index contributed by atoms with van der Waals surface area (Å²) in [5.74, 6) is 1.15. The first kappa shape index (κ1) is 28.7. The average Bonchev–Trinajstić information content (AvgIpc) is 3.22. The molecular weight excluding hydrogens is 504 g/mol. The minimum absolute atomic E-state index is 0.0915. The number of aromatic nitrogens is 3. The normalized spacial score (nSPS) is 13.2. The fraction of sp³-hybridized carbons (Fsp3) is 0.464. The number of halogens is 1. The molecule has 0 saturated carbocycles. The highest BCUT2D eigenvalue weighted by molar-refractivity contribution is 6.80. The summed E-state index contributed by atoms with van der Waals surface area (Å²) >= 11 is 5.89. The highest BCUT2D eigenvalue weighted by Gasteiger charge is 2.38. The van der Waals surface area contributed by atoms with Gasteiger partial charge in [-0.2, -0.15) is 5.10 Å². The number of alkyl carbamates (subject to hydrolysis) is 1. The van der Waals surface area contributed by atoms with E-state index < -0.39 is 19.8 Å². The summed E-state index contributed by atoms with van der Waals surface area (Å²) in [5, 5.41) is 8.66. The van der Waals surface area contributed by atoms with Gasteiger partial charge in [-0.15, -0.1) is 0 Å². The lowest BCUT2D eigenvalue weighted by Crippen LogP contribution is -2.48. The third-order valence-corrected chi connectivity index (χ3v) is 12.4. The number of carbonyl (C=O) groups excluding carboxylic acids is 1. The molecule has 7 nitrogen and oxygen atoms in total.